The van der Waals surface area contributed by atoms with Crippen LogP contribution in [0.1, 0.15) is 22.4 Å². The van der Waals surface area contributed by atoms with E-state index in [4.69, 9.17) is 27.2 Å². The van der Waals surface area contributed by atoms with E-state index < -0.39 is 35.7 Å². The lowest BCUT2D eigenvalue weighted by atomic mass is 10.1. The van der Waals surface area contributed by atoms with Gasteiger partial charge in [0.2, 0.25) is 5.91 Å². The maximum Gasteiger partial charge on any atom is 0.273 e. The first-order valence-corrected chi connectivity index (χ1v) is 10.8. The van der Waals surface area contributed by atoms with E-state index in [0.717, 1.165) is 23.3 Å². The maximum atomic E-state index is 13.8. The summed E-state index contributed by atoms with van der Waals surface area (Å²) >= 11 is 6.22. The first-order chi connectivity index (χ1) is 16.2. The zero-order chi connectivity index (χ0) is 24.8. The van der Waals surface area contributed by atoms with Gasteiger partial charge >= 0.3 is 0 Å². The van der Waals surface area contributed by atoms with E-state index in [1.165, 1.54) is 10.6 Å². The topological polar surface area (TPSA) is 107 Å². The number of pyridine rings is 1. The summed E-state index contributed by atoms with van der Waals surface area (Å²) in [5.74, 6) is -1.79. The molecule has 1 atom stereocenters. The van der Waals surface area contributed by atoms with Crippen LogP contribution in [0, 0.1) is 18.6 Å². The van der Waals surface area contributed by atoms with E-state index in [0.29, 0.717) is 5.69 Å². The fourth-order valence-electron chi connectivity index (χ4n) is 3.16. The lowest BCUT2D eigenvalue weighted by Crippen LogP contribution is -2.42. The molecule has 3 aromatic rings. The zero-order valence-corrected chi connectivity index (χ0v) is 19.1. The van der Waals surface area contributed by atoms with Crippen LogP contribution in [-0.4, -0.2) is 28.2 Å². The van der Waals surface area contributed by atoms with E-state index in [-0.39, 0.29) is 36.0 Å². The van der Waals surface area contributed by atoms with Crippen LogP contribution < -0.4 is 21.3 Å². The molecule has 0 aliphatic carbocycles. The Morgan fingerprint density at radius 3 is 2.50 bits per heavy atom. The Balaban J connectivity index is 1.69. The first kappa shape index (κ1) is 25.4. The molecule has 0 saturated heterocycles. The lowest BCUT2D eigenvalue weighted by molar-refractivity contribution is -0.123. The zero-order valence-electron chi connectivity index (χ0n) is 18.4. The van der Waals surface area contributed by atoms with Gasteiger partial charge in [0, 0.05) is 29.9 Å². The standard InChI is InChI=1S/C24H24ClF2N3O4/c1-14-8-21(34-13-17-6-7-18(26)9-19(17)27)22(25)24(33)30(14)11-16-4-2-15(3-5-16)10-29-23(32)20(28)12-31/h2-9,20,31H,10-13,28H2,1H3,(H,29,32)/t20-/m0/s1. The van der Waals surface area contributed by atoms with Crippen LogP contribution in [0.5, 0.6) is 5.75 Å². The molecule has 1 amide bonds. The van der Waals surface area contributed by atoms with E-state index in [1.54, 1.807) is 25.1 Å². The van der Waals surface area contributed by atoms with E-state index in [2.05, 4.69) is 5.32 Å². The Morgan fingerprint density at radius 1 is 1.18 bits per heavy atom. The van der Waals surface area contributed by atoms with Crippen LogP contribution in [0.4, 0.5) is 8.78 Å². The van der Waals surface area contributed by atoms with Crippen LogP contribution in [0.25, 0.3) is 0 Å². The largest absolute Gasteiger partial charge is 0.487 e. The number of aliphatic hydroxyl groups excluding tert-OH is 1. The molecule has 4 N–H and O–H groups in total. The van der Waals surface area contributed by atoms with Gasteiger partial charge in [0.1, 0.15) is 35.1 Å². The molecule has 7 nitrogen and oxygen atoms in total. The molecule has 0 unspecified atom stereocenters. The Bertz CT molecular complexity index is 1230. The molecule has 0 spiro atoms. The van der Waals surface area contributed by atoms with Crippen molar-refractivity contribution in [3.05, 3.63) is 97.9 Å². The predicted octanol–water partition coefficient (Wildman–Crippen LogP) is 2.65. The van der Waals surface area contributed by atoms with Crippen molar-refractivity contribution in [3.63, 3.8) is 0 Å². The number of carbonyl (C=O) groups is 1. The number of benzene rings is 2. The highest BCUT2D eigenvalue weighted by molar-refractivity contribution is 6.31. The molecule has 0 aliphatic rings. The molecule has 2 aromatic carbocycles. The number of aryl methyl sites for hydroxylation is 1. The van der Waals surface area contributed by atoms with Crippen molar-refractivity contribution in [2.45, 2.75) is 32.7 Å². The molecule has 0 saturated carbocycles. The number of amides is 1. The van der Waals surface area contributed by atoms with Gasteiger partial charge in [-0.15, -0.1) is 0 Å². The van der Waals surface area contributed by atoms with Crippen molar-refractivity contribution in [3.8, 4) is 5.75 Å². The van der Waals surface area contributed by atoms with Gasteiger partial charge in [-0.2, -0.15) is 0 Å². The molecule has 10 heteroatoms. The minimum absolute atomic E-state index is 0.108. The lowest BCUT2D eigenvalue weighted by Gasteiger charge is -2.15. The Kier molecular flexibility index (Phi) is 8.38. The highest BCUT2D eigenvalue weighted by atomic mass is 35.5. The van der Waals surface area contributed by atoms with Gasteiger partial charge in [-0.25, -0.2) is 8.78 Å². The molecular weight excluding hydrogens is 468 g/mol. The second-order valence-corrected chi connectivity index (χ2v) is 8.08. The third-order valence-electron chi connectivity index (χ3n) is 5.18. The summed E-state index contributed by atoms with van der Waals surface area (Å²) in [6.45, 7) is 1.57. The molecule has 0 radical (unpaired) electrons. The molecule has 0 fully saturated rings. The van der Waals surface area contributed by atoms with Gasteiger partial charge in [-0.1, -0.05) is 35.9 Å². The van der Waals surface area contributed by atoms with Crippen LogP contribution >= 0.6 is 11.6 Å². The number of carbonyl (C=O) groups excluding carboxylic acids is 1. The van der Waals surface area contributed by atoms with Crippen molar-refractivity contribution < 1.29 is 23.4 Å². The van der Waals surface area contributed by atoms with Crippen LogP contribution in [-0.2, 0) is 24.5 Å². The third kappa shape index (κ3) is 6.19. The average Bonchev–Trinajstić information content (AvgIpc) is 2.82. The molecule has 0 aliphatic heterocycles. The maximum absolute atomic E-state index is 13.8. The minimum Gasteiger partial charge on any atom is -0.487 e. The summed E-state index contributed by atoms with van der Waals surface area (Å²) in [6.07, 6.45) is 0. The SMILES string of the molecule is Cc1cc(OCc2ccc(F)cc2F)c(Cl)c(=O)n1Cc1ccc(CNC(=O)[C@@H](N)CO)cc1. The van der Waals surface area contributed by atoms with Crippen LogP contribution in [0.2, 0.25) is 5.02 Å². The van der Waals surface area contributed by atoms with Crippen molar-refractivity contribution in [2.75, 3.05) is 6.61 Å². The smallest absolute Gasteiger partial charge is 0.273 e. The number of aromatic nitrogens is 1. The molecular formula is C24H24ClF2N3O4. The number of nitrogens with zero attached hydrogens (tertiary/aromatic N) is 1. The summed E-state index contributed by atoms with van der Waals surface area (Å²) in [5, 5.41) is 11.4. The van der Waals surface area contributed by atoms with Crippen LogP contribution in [0.3, 0.4) is 0 Å². The third-order valence-corrected chi connectivity index (χ3v) is 5.53. The second-order valence-electron chi connectivity index (χ2n) is 7.70. The number of rotatable bonds is 9. The van der Waals surface area contributed by atoms with E-state index in [9.17, 15) is 18.4 Å². The number of nitrogens with two attached hydrogens (primary N) is 1. The van der Waals surface area contributed by atoms with Gasteiger partial charge in [0.25, 0.3) is 5.56 Å². The van der Waals surface area contributed by atoms with Crippen molar-refractivity contribution in [1.29, 1.82) is 0 Å². The number of hydrogen-bond acceptors (Lipinski definition) is 5. The Morgan fingerprint density at radius 2 is 1.85 bits per heavy atom. The highest BCUT2D eigenvalue weighted by Gasteiger charge is 2.15. The van der Waals surface area contributed by atoms with Gasteiger partial charge in [0.05, 0.1) is 13.2 Å². The van der Waals surface area contributed by atoms with Gasteiger partial charge in [-0.3, -0.25) is 9.59 Å². The van der Waals surface area contributed by atoms with Gasteiger partial charge < -0.3 is 25.5 Å². The first-order valence-electron chi connectivity index (χ1n) is 10.4. The Hall–Kier alpha value is -3.27. The molecule has 34 heavy (non-hydrogen) atoms. The van der Waals surface area contributed by atoms with E-state index in [1.807, 2.05) is 12.1 Å². The number of nitrogens with one attached hydrogen (secondary N) is 1. The highest BCUT2D eigenvalue weighted by Crippen LogP contribution is 2.24. The number of aliphatic hydroxyl groups is 1. The molecule has 1 heterocycles. The number of hydrogen-bond donors (Lipinski definition) is 3. The number of halogens is 3. The molecule has 180 valence electrons. The minimum atomic E-state index is -0.972. The van der Waals surface area contributed by atoms with Crippen LogP contribution in [0.15, 0.2) is 53.3 Å². The monoisotopic (exact) mass is 491 g/mol. The molecule has 0 bridgehead atoms. The van der Waals surface area contributed by atoms with E-state index >= 15 is 0 Å². The Labute approximate surface area is 199 Å². The molecule has 1 aromatic heterocycles. The number of ether oxygens (including phenoxy) is 1. The van der Waals surface area contributed by atoms with Crippen molar-refractivity contribution in [1.82, 2.24) is 9.88 Å². The summed E-state index contributed by atoms with van der Waals surface area (Å²) in [5.41, 5.74) is 7.35. The second kappa shape index (κ2) is 11.2. The summed E-state index contributed by atoms with van der Waals surface area (Å²) in [4.78, 5) is 24.5. The van der Waals surface area contributed by atoms with Gasteiger partial charge in [-0.05, 0) is 30.2 Å². The summed E-state index contributed by atoms with van der Waals surface area (Å²) in [7, 11) is 0. The fourth-order valence-corrected chi connectivity index (χ4v) is 3.37. The average molecular weight is 492 g/mol. The predicted molar refractivity (Wildman–Crippen MR) is 124 cm³/mol. The van der Waals surface area contributed by atoms with Gasteiger partial charge in [0.15, 0.2) is 0 Å². The quantitative estimate of drug-likeness (QED) is 0.426. The van der Waals surface area contributed by atoms with Crippen molar-refractivity contribution >= 4 is 17.5 Å². The molecule has 3 rings (SSSR count). The summed E-state index contributed by atoms with van der Waals surface area (Å²) < 4.78 is 33.9. The fraction of sp³-hybridized carbons (Fsp3) is 0.250. The summed E-state index contributed by atoms with van der Waals surface area (Å²) in [6, 6.07) is 11.0. The van der Waals surface area contributed by atoms with Crippen molar-refractivity contribution in [2.24, 2.45) is 5.73 Å². The normalized spacial score (nSPS) is 11.8.